The van der Waals surface area contributed by atoms with Crippen molar-refractivity contribution >= 4 is 11.9 Å². The monoisotopic (exact) mass is 344 g/mol. The fourth-order valence-electron chi connectivity index (χ4n) is 2.11. The highest BCUT2D eigenvalue weighted by Crippen LogP contribution is 2.21. The van der Waals surface area contributed by atoms with Crippen LogP contribution in [0.15, 0.2) is 12.1 Å². The van der Waals surface area contributed by atoms with Crippen LogP contribution in [0, 0.1) is 11.3 Å². The molecule has 1 aromatic rings. The SMILES string of the molecule is COC(=O)Cc1cc(C#N)c2c(c1)CCNC2.O=C(O)C(F)(F)F. The molecule has 0 aliphatic carbocycles. The van der Waals surface area contributed by atoms with Gasteiger partial charge in [-0.1, -0.05) is 6.07 Å². The summed E-state index contributed by atoms with van der Waals surface area (Å²) in [6.07, 6.45) is -3.95. The van der Waals surface area contributed by atoms with Crippen LogP contribution in [-0.4, -0.2) is 36.9 Å². The maximum absolute atomic E-state index is 11.2. The first-order chi connectivity index (χ1) is 11.2. The third-order valence-electron chi connectivity index (χ3n) is 3.21. The van der Waals surface area contributed by atoms with Gasteiger partial charge in [-0.15, -0.1) is 0 Å². The highest BCUT2D eigenvalue weighted by Gasteiger charge is 2.38. The van der Waals surface area contributed by atoms with Crippen molar-refractivity contribution in [3.05, 3.63) is 34.4 Å². The highest BCUT2D eigenvalue weighted by atomic mass is 19.4. The number of fused-ring (bicyclic) bond motifs is 1. The van der Waals surface area contributed by atoms with Crippen LogP contribution in [0.25, 0.3) is 0 Å². The summed E-state index contributed by atoms with van der Waals surface area (Å²) in [5, 5.41) is 19.5. The van der Waals surface area contributed by atoms with Gasteiger partial charge in [0.25, 0.3) is 0 Å². The Morgan fingerprint density at radius 2 is 2.04 bits per heavy atom. The number of nitrogens with zero attached hydrogens (tertiary/aromatic N) is 1. The number of nitriles is 1. The molecule has 0 aromatic heterocycles. The molecule has 0 atom stereocenters. The minimum absolute atomic E-state index is 0.228. The topological polar surface area (TPSA) is 99.4 Å². The molecule has 9 heteroatoms. The van der Waals surface area contributed by atoms with Gasteiger partial charge in [0.15, 0.2) is 0 Å². The van der Waals surface area contributed by atoms with E-state index < -0.39 is 12.1 Å². The highest BCUT2D eigenvalue weighted by molar-refractivity contribution is 5.73. The molecule has 6 nitrogen and oxygen atoms in total. The van der Waals surface area contributed by atoms with Crippen molar-refractivity contribution in [3.63, 3.8) is 0 Å². The van der Waals surface area contributed by atoms with Crippen LogP contribution in [0.3, 0.4) is 0 Å². The van der Waals surface area contributed by atoms with E-state index in [-0.39, 0.29) is 12.4 Å². The zero-order chi connectivity index (χ0) is 18.3. The van der Waals surface area contributed by atoms with Crippen LogP contribution in [0.1, 0.15) is 22.3 Å². The van der Waals surface area contributed by atoms with E-state index in [0.717, 1.165) is 30.6 Å². The van der Waals surface area contributed by atoms with Gasteiger partial charge in [-0.25, -0.2) is 4.79 Å². The molecule has 0 fully saturated rings. The molecule has 24 heavy (non-hydrogen) atoms. The van der Waals surface area contributed by atoms with E-state index in [1.165, 1.54) is 12.7 Å². The molecular weight excluding hydrogens is 329 g/mol. The summed E-state index contributed by atoms with van der Waals surface area (Å²) < 4.78 is 36.4. The molecule has 2 rings (SSSR count). The number of halogens is 3. The van der Waals surface area contributed by atoms with Crippen LogP contribution in [0.4, 0.5) is 13.2 Å². The Bertz CT molecular complexity index is 666. The molecule has 1 heterocycles. The normalized spacial score (nSPS) is 13.0. The van der Waals surface area contributed by atoms with Crippen LogP contribution in [-0.2, 0) is 33.7 Å². The number of carboxylic acid groups (broad SMARTS) is 1. The van der Waals surface area contributed by atoms with Gasteiger partial charge in [0.2, 0.25) is 0 Å². The number of carbonyl (C=O) groups is 2. The maximum Gasteiger partial charge on any atom is 0.490 e. The van der Waals surface area contributed by atoms with Gasteiger partial charge < -0.3 is 15.2 Å². The molecule has 1 aliphatic heterocycles. The number of benzene rings is 1. The number of methoxy groups -OCH3 is 1. The Balaban J connectivity index is 0.000000351. The third-order valence-corrected chi connectivity index (χ3v) is 3.21. The summed E-state index contributed by atoms with van der Waals surface area (Å²) in [5.41, 5.74) is 3.75. The Hall–Kier alpha value is -2.60. The lowest BCUT2D eigenvalue weighted by atomic mass is 9.93. The molecule has 0 saturated carbocycles. The van der Waals surface area contributed by atoms with Crippen LogP contribution in [0.5, 0.6) is 0 Å². The Labute approximate surface area is 135 Å². The van der Waals surface area contributed by atoms with Gasteiger partial charge in [0.05, 0.1) is 25.2 Å². The fraction of sp³-hybridized carbons (Fsp3) is 0.400. The second kappa shape index (κ2) is 8.31. The molecule has 1 aromatic carbocycles. The van der Waals surface area contributed by atoms with Crippen molar-refractivity contribution in [1.82, 2.24) is 5.32 Å². The van der Waals surface area contributed by atoms with E-state index in [9.17, 15) is 18.0 Å². The number of aliphatic carboxylic acids is 1. The average Bonchev–Trinajstić information content (AvgIpc) is 2.53. The van der Waals surface area contributed by atoms with Crippen molar-refractivity contribution in [2.75, 3.05) is 13.7 Å². The number of nitrogens with one attached hydrogen (secondary N) is 1. The Morgan fingerprint density at radius 1 is 1.42 bits per heavy atom. The van der Waals surface area contributed by atoms with Gasteiger partial charge in [-0.3, -0.25) is 4.79 Å². The Kier molecular flexibility index (Phi) is 6.73. The molecular formula is C15H15F3N2O4. The number of rotatable bonds is 2. The zero-order valence-corrected chi connectivity index (χ0v) is 12.7. The third kappa shape index (κ3) is 5.55. The molecule has 0 amide bonds. The number of alkyl halides is 3. The van der Waals surface area contributed by atoms with E-state index in [4.69, 9.17) is 15.2 Å². The van der Waals surface area contributed by atoms with E-state index in [1.807, 2.05) is 6.07 Å². The lowest BCUT2D eigenvalue weighted by Crippen LogP contribution is -2.25. The second-order valence-electron chi connectivity index (χ2n) is 4.88. The number of hydrogen-bond acceptors (Lipinski definition) is 5. The molecule has 1 aliphatic rings. The average molecular weight is 344 g/mol. The first kappa shape index (κ1) is 19.4. The number of hydrogen-bond donors (Lipinski definition) is 2. The predicted octanol–water partition coefficient (Wildman–Crippen LogP) is 1.55. The molecule has 0 unspecified atom stereocenters. The predicted molar refractivity (Wildman–Crippen MR) is 76.0 cm³/mol. The lowest BCUT2D eigenvalue weighted by molar-refractivity contribution is -0.192. The number of carboxylic acids is 1. The van der Waals surface area contributed by atoms with E-state index in [1.54, 1.807) is 6.07 Å². The number of esters is 1. The molecule has 130 valence electrons. The van der Waals surface area contributed by atoms with Crippen LogP contribution >= 0.6 is 0 Å². The second-order valence-corrected chi connectivity index (χ2v) is 4.88. The minimum atomic E-state index is -5.08. The summed E-state index contributed by atoms with van der Waals surface area (Å²) in [6.45, 7) is 1.65. The number of ether oxygens (including phenoxy) is 1. The van der Waals surface area contributed by atoms with Crippen molar-refractivity contribution in [1.29, 1.82) is 5.26 Å². The summed E-state index contributed by atoms with van der Waals surface area (Å²) in [5.74, 6) is -3.03. The summed E-state index contributed by atoms with van der Waals surface area (Å²) in [6, 6.07) is 5.98. The molecule has 0 spiro atoms. The standard InChI is InChI=1S/C13H14N2O2.C2HF3O2/c1-17-13(16)6-9-4-10-2-3-15-8-12(10)11(5-9)7-14;3-2(4,5)1(6)7/h4-5,15H,2-3,6,8H2,1H3;(H,6,7). The smallest absolute Gasteiger partial charge is 0.475 e. The summed E-state index contributed by atoms with van der Waals surface area (Å²) in [4.78, 5) is 20.1. The van der Waals surface area contributed by atoms with Gasteiger partial charge >= 0.3 is 18.1 Å². The fourth-order valence-corrected chi connectivity index (χ4v) is 2.11. The molecule has 0 radical (unpaired) electrons. The first-order valence-electron chi connectivity index (χ1n) is 6.81. The lowest BCUT2D eigenvalue weighted by Gasteiger charge is -2.19. The van der Waals surface area contributed by atoms with Crippen LogP contribution in [0.2, 0.25) is 0 Å². The summed E-state index contributed by atoms with van der Waals surface area (Å²) in [7, 11) is 1.37. The van der Waals surface area contributed by atoms with Gasteiger partial charge in [0.1, 0.15) is 0 Å². The van der Waals surface area contributed by atoms with Gasteiger partial charge in [0, 0.05) is 6.54 Å². The molecule has 0 bridgehead atoms. The quantitative estimate of drug-likeness (QED) is 0.790. The van der Waals surface area contributed by atoms with Crippen molar-refractivity contribution in [2.24, 2.45) is 0 Å². The summed E-state index contributed by atoms with van der Waals surface area (Å²) >= 11 is 0. The van der Waals surface area contributed by atoms with Gasteiger partial charge in [-0.2, -0.15) is 18.4 Å². The number of carbonyl (C=O) groups excluding carboxylic acids is 1. The first-order valence-corrected chi connectivity index (χ1v) is 6.81. The van der Waals surface area contributed by atoms with Crippen LogP contribution < -0.4 is 5.32 Å². The van der Waals surface area contributed by atoms with E-state index >= 15 is 0 Å². The zero-order valence-electron chi connectivity index (χ0n) is 12.7. The van der Waals surface area contributed by atoms with Gasteiger partial charge in [-0.05, 0) is 35.7 Å². The molecule has 0 saturated heterocycles. The Morgan fingerprint density at radius 3 is 2.54 bits per heavy atom. The van der Waals surface area contributed by atoms with Crippen molar-refractivity contribution in [2.45, 2.75) is 25.6 Å². The molecule has 2 N–H and O–H groups in total. The van der Waals surface area contributed by atoms with Crippen molar-refractivity contribution < 1.29 is 32.6 Å². The largest absolute Gasteiger partial charge is 0.490 e. The minimum Gasteiger partial charge on any atom is -0.475 e. The van der Waals surface area contributed by atoms with E-state index in [2.05, 4.69) is 16.1 Å². The van der Waals surface area contributed by atoms with E-state index in [0.29, 0.717) is 5.56 Å². The maximum atomic E-state index is 11.2. The van der Waals surface area contributed by atoms with Crippen molar-refractivity contribution in [3.8, 4) is 6.07 Å².